The highest BCUT2D eigenvalue weighted by Crippen LogP contribution is 2.22. The van der Waals surface area contributed by atoms with Gasteiger partial charge >= 0.3 is 0 Å². The summed E-state index contributed by atoms with van der Waals surface area (Å²) < 4.78 is 1.81. The zero-order valence-electron chi connectivity index (χ0n) is 8.84. The molecule has 0 fully saturated rings. The van der Waals surface area contributed by atoms with E-state index in [1.54, 1.807) is 24.5 Å². The molecule has 0 aliphatic carbocycles. The number of aryl methyl sites for hydroxylation is 1. The molecule has 0 aliphatic heterocycles. The van der Waals surface area contributed by atoms with Gasteiger partial charge in [-0.15, -0.1) is 0 Å². The van der Waals surface area contributed by atoms with Crippen molar-refractivity contribution in [2.45, 2.75) is 6.92 Å². The number of nitrogens with zero attached hydrogens (tertiary/aromatic N) is 2. The molecular weight excluding hydrogens is 204 g/mol. The van der Waals surface area contributed by atoms with Gasteiger partial charge in [0.2, 0.25) is 0 Å². The highest BCUT2D eigenvalue weighted by molar-refractivity contribution is 5.99. The highest BCUT2D eigenvalue weighted by Gasteiger charge is 2.11. The Morgan fingerprint density at radius 2 is 2.19 bits per heavy atom. The Bertz CT molecular complexity index is 545. The van der Waals surface area contributed by atoms with E-state index >= 15 is 0 Å². The number of hydrogen-bond acceptors (Lipinski definition) is 3. The Morgan fingerprint density at radius 3 is 2.75 bits per heavy atom. The van der Waals surface area contributed by atoms with Gasteiger partial charge < -0.3 is 16.0 Å². The number of primary amides is 1. The van der Waals surface area contributed by atoms with Crippen molar-refractivity contribution in [3.63, 3.8) is 0 Å². The van der Waals surface area contributed by atoms with E-state index in [0.717, 1.165) is 5.82 Å². The standard InChI is InChI=1S/C11H12N4O/c1-7-14-5-6-15(7)9-4-2-3-8(10(9)12)11(13)16/h2-6H,12H2,1H3,(H2,13,16). The Hall–Kier alpha value is -2.30. The fourth-order valence-electron chi connectivity index (χ4n) is 1.61. The molecule has 0 saturated carbocycles. The summed E-state index contributed by atoms with van der Waals surface area (Å²) in [5, 5.41) is 0. The number of nitrogens with two attached hydrogens (primary N) is 2. The van der Waals surface area contributed by atoms with Crippen molar-refractivity contribution in [1.29, 1.82) is 0 Å². The van der Waals surface area contributed by atoms with Gasteiger partial charge in [-0.25, -0.2) is 4.98 Å². The first-order valence-electron chi connectivity index (χ1n) is 4.80. The number of hydrogen-bond donors (Lipinski definition) is 2. The normalized spacial score (nSPS) is 10.3. The quantitative estimate of drug-likeness (QED) is 0.730. The number of carbonyl (C=O) groups excluding carboxylic acids is 1. The fourth-order valence-corrected chi connectivity index (χ4v) is 1.61. The van der Waals surface area contributed by atoms with E-state index in [4.69, 9.17) is 11.5 Å². The molecule has 0 radical (unpaired) electrons. The first-order valence-corrected chi connectivity index (χ1v) is 4.80. The molecule has 2 aromatic rings. The van der Waals surface area contributed by atoms with Crippen LogP contribution in [0, 0.1) is 6.92 Å². The minimum Gasteiger partial charge on any atom is -0.396 e. The predicted octanol–water partition coefficient (Wildman–Crippen LogP) is 0.862. The molecule has 0 bridgehead atoms. The molecule has 0 saturated heterocycles. The molecule has 0 unspecified atom stereocenters. The number of imidazole rings is 1. The van der Waals surface area contributed by atoms with Crippen LogP contribution in [0.1, 0.15) is 16.2 Å². The number of nitrogen functional groups attached to an aromatic ring is 1. The minimum atomic E-state index is -0.530. The van der Waals surface area contributed by atoms with Gasteiger partial charge in [-0.3, -0.25) is 4.79 Å². The van der Waals surface area contributed by atoms with Crippen molar-refractivity contribution >= 4 is 11.6 Å². The van der Waals surface area contributed by atoms with E-state index in [1.165, 1.54) is 0 Å². The molecule has 0 aliphatic rings. The Morgan fingerprint density at radius 1 is 1.44 bits per heavy atom. The number of amides is 1. The number of aromatic nitrogens is 2. The summed E-state index contributed by atoms with van der Waals surface area (Å²) in [4.78, 5) is 15.2. The minimum absolute atomic E-state index is 0.325. The van der Waals surface area contributed by atoms with E-state index in [9.17, 15) is 4.79 Å². The molecule has 1 amide bonds. The van der Waals surface area contributed by atoms with Crippen molar-refractivity contribution in [3.05, 3.63) is 42.0 Å². The Balaban J connectivity index is 2.63. The largest absolute Gasteiger partial charge is 0.396 e. The van der Waals surface area contributed by atoms with Crippen LogP contribution in [0.15, 0.2) is 30.6 Å². The maximum atomic E-state index is 11.1. The lowest BCUT2D eigenvalue weighted by Gasteiger charge is -2.10. The SMILES string of the molecule is Cc1nccn1-c1cccc(C(N)=O)c1N. The van der Waals surface area contributed by atoms with E-state index < -0.39 is 5.91 Å². The van der Waals surface area contributed by atoms with Gasteiger partial charge in [0.1, 0.15) is 5.82 Å². The topological polar surface area (TPSA) is 86.9 Å². The van der Waals surface area contributed by atoms with E-state index in [0.29, 0.717) is 16.9 Å². The lowest BCUT2D eigenvalue weighted by molar-refractivity contribution is 0.100. The van der Waals surface area contributed by atoms with Gasteiger partial charge in [0, 0.05) is 12.4 Å². The molecule has 2 rings (SSSR count). The maximum Gasteiger partial charge on any atom is 0.250 e. The second-order valence-electron chi connectivity index (χ2n) is 3.45. The molecular formula is C11H12N4O. The summed E-state index contributed by atoms with van der Waals surface area (Å²) in [6.07, 6.45) is 3.46. The Kier molecular flexibility index (Phi) is 2.36. The van der Waals surface area contributed by atoms with Gasteiger partial charge in [-0.1, -0.05) is 6.07 Å². The molecule has 1 aromatic carbocycles. The summed E-state index contributed by atoms with van der Waals surface area (Å²) in [6.45, 7) is 1.86. The highest BCUT2D eigenvalue weighted by atomic mass is 16.1. The van der Waals surface area contributed by atoms with Crippen LogP contribution < -0.4 is 11.5 Å². The van der Waals surface area contributed by atoms with Gasteiger partial charge in [0.15, 0.2) is 0 Å². The van der Waals surface area contributed by atoms with Crippen LogP contribution in [-0.4, -0.2) is 15.5 Å². The van der Waals surface area contributed by atoms with Crippen LogP contribution in [-0.2, 0) is 0 Å². The lowest BCUT2D eigenvalue weighted by atomic mass is 10.1. The lowest BCUT2D eigenvalue weighted by Crippen LogP contribution is -2.15. The zero-order valence-corrected chi connectivity index (χ0v) is 8.84. The fraction of sp³-hybridized carbons (Fsp3) is 0.0909. The zero-order chi connectivity index (χ0) is 11.7. The van der Waals surface area contributed by atoms with Gasteiger partial charge in [0.05, 0.1) is 16.9 Å². The van der Waals surface area contributed by atoms with Crippen LogP contribution in [0.2, 0.25) is 0 Å². The summed E-state index contributed by atoms with van der Waals surface area (Å²) >= 11 is 0. The number of anilines is 1. The number of rotatable bonds is 2. The molecule has 5 heteroatoms. The third-order valence-electron chi connectivity index (χ3n) is 2.43. The van der Waals surface area contributed by atoms with Crippen LogP contribution in [0.3, 0.4) is 0 Å². The summed E-state index contributed by atoms with van der Waals surface area (Å²) in [6, 6.07) is 5.16. The van der Waals surface area contributed by atoms with E-state index in [1.807, 2.05) is 17.6 Å². The summed E-state index contributed by atoms with van der Waals surface area (Å²) in [5.41, 5.74) is 12.5. The summed E-state index contributed by atoms with van der Waals surface area (Å²) in [7, 11) is 0. The number of carbonyl (C=O) groups is 1. The molecule has 1 aromatic heterocycles. The summed E-state index contributed by atoms with van der Waals surface area (Å²) in [5.74, 6) is 0.269. The third-order valence-corrected chi connectivity index (χ3v) is 2.43. The average molecular weight is 216 g/mol. The molecule has 16 heavy (non-hydrogen) atoms. The second kappa shape index (κ2) is 3.69. The molecule has 1 heterocycles. The molecule has 4 N–H and O–H groups in total. The molecule has 0 spiro atoms. The van der Waals surface area contributed by atoms with Crippen LogP contribution in [0.4, 0.5) is 5.69 Å². The molecule has 82 valence electrons. The van der Waals surface area contributed by atoms with E-state index in [-0.39, 0.29) is 0 Å². The van der Waals surface area contributed by atoms with Crippen molar-refractivity contribution in [1.82, 2.24) is 9.55 Å². The number of para-hydroxylation sites is 1. The van der Waals surface area contributed by atoms with Crippen molar-refractivity contribution in [2.75, 3.05) is 5.73 Å². The van der Waals surface area contributed by atoms with Crippen LogP contribution >= 0.6 is 0 Å². The second-order valence-corrected chi connectivity index (χ2v) is 3.45. The van der Waals surface area contributed by atoms with Crippen LogP contribution in [0.25, 0.3) is 5.69 Å². The first kappa shape index (κ1) is 10.2. The maximum absolute atomic E-state index is 11.1. The van der Waals surface area contributed by atoms with Gasteiger partial charge in [0.25, 0.3) is 5.91 Å². The van der Waals surface area contributed by atoms with Gasteiger partial charge in [-0.2, -0.15) is 0 Å². The number of benzene rings is 1. The molecule has 5 nitrogen and oxygen atoms in total. The van der Waals surface area contributed by atoms with Crippen molar-refractivity contribution < 1.29 is 4.79 Å². The first-order chi connectivity index (χ1) is 7.61. The monoisotopic (exact) mass is 216 g/mol. The average Bonchev–Trinajstić information content (AvgIpc) is 2.64. The van der Waals surface area contributed by atoms with Crippen molar-refractivity contribution in [3.8, 4) is 5.69 Å². The third kappa shape index (κ3) is 1.52. The van der Waals surface area contributed by atoms with E-state index in [2.05, 4.69) is 4.98 Å². The van der Waals surface area contributed by atoms with Crippen molar-refractivity contribution in [2.24, 2.45) is 5.73 Å². The molecule has 0 atom stereocenters. The Labute approximate surface area is 92.7 Å². The van der Waals surface area contributed by atoms with Crippen LogP contribution in [0.5, 0.6) is 0 Å². The predicted molar refractivity (Wildman–Crippen MR) is 61.2 cm³/mol. The van der Waals surface area contributed by atoms with Gasteiger partial charge in [-0.05, 0) is 19.1 Å². The smallest absolute Gasteiger partial charge is 0.250 e.